The van der Waals surface area contributed by atoms with Gasteiger partial charge >= 0.3 is 5.97 Å². The largest absolute Gasteiger partial charge is 0.481 e. The van der Waals surface area contributed by atoms with E-state index < -0.39 is 11.9 Å². The zero-order valence-electron chi connectivity index (χ0n) is 12.4. The maximum absolute atomic E-state index is 12.6. The Kier molecular flexibility index (Phi) is 5.40. The predicted molar refractivity (Wildman–Crippen MR) is 76.4 cm³/mol. The van der Waals surface area contributed by atoms with Crippen molar-refractivity contribution in [1.82, 2.24) is 9.80 Å². The monoisotopic (exact) mass is 282 g/mol. The smallest absolute Gasteiger partial charge is 0.307 e. The van der Waals surface area contributed by atoms with Gasteiger partial charge in [0.25, 0.3) is 0 Å². The summed E-state index contributed by atoms with van der Waals surface area (Å²) >= 11 is 0. The number of carbonyl (C=O) groups excluding carboxylic acids is 1. The Bertz CT molecular complexity index is 351. The van der Waals surface area contributed by atoms with Crippen molar-refractivity contribution < 1.29 is 14.7 Å². The minimum atomic E-state index is -0.798. The summed E-state index contributed by atoms with van der Waals surface area (Å²) in [5.41, 5.74) is 0. The Hall–Kier alpha value is -1.10. The van der Waals surface area contributed by atoms with Crippen LogP contribution in [0.3, 0.4) is 0 Å². The molecule has 0 aromatic carbocycles. The van der Waals surface area contributed by atoms with Crippen molar-refractivity contribution in [3.63, 3.8) is 0 Å². The van der Waals surface area contributed by atoms with Crippen molar-refractivity contribution in [3.05, 3.63) is 0 Å². The van der Waals surface area contributed by atoms with Gasteiger partial charge in [-0.25, -0.2) is 0 Å². The van der Waals surface area contributed by atoms with Crippen LogP contribution in [-0.4, -0.2) is 59.5 Å². The van der Waals surface area contributed by atoms with Gasteiger partial charge in [-0.2, -0.15) is 0 Å². The van der Waals surface area contributed by atoms with Gasteiger partial charge in [0, 0.05) is 26.2 Å². The number of carboxylic acid groups (broad SMARTS) is 1. The van der Waals surface area contributed by atoms with Gasteiger partial charge in [-0.05, 0) is 25.8 Å². The lowest BCUT2D eigenvalue weighted by atomic mass is 9.78. The fourth-order valence-electron chi connectivity index (χ4n) is 3.46. The van der Waals surface area contributed by atoms with Crippen LogP contribution in [0.15, 0.2) is 0 Å². The quantitative estimate of drug-likeness (QED) is 0.847. The molecule has 1 saturated heterocycles. The number of amides is 1. The van der Waals surface area contributed by atoms with Gasteiger partial charge in [0.15, 0.2) is 0 Å². The average Bonchev–Trinajstić information content (AvgIpc) is 2.47. The van der Waals surface area contributed by atoms with E-state index in [1.807, 2.05) is 4.90 Å². The van der Waals surface area contributed by atoms with E-state index in [-0.39, 0.29) is 11.8 Å². The van der Waals surface area contributed by atoms with Gasteiger partial charge in [0.1, 0.15) is 0 Å². The van der Waals surface area contributed by atoms with Gasteiger partial charge < -0.3 is 10.0 Å². The first kappa shape index (κ1) is 15.3. The molecule has 2 unspecified atom stereocenters. The number of aliphatic carboxylic acids is 1. The van der Waals surface area contributed by atoms with E-state index in [9.17, 15) is 14.7 Å². The summed E-state index contributed by atoms with van der Waals surface area (Å²) in [5.74, 6) is -1.48. The molecule has 2 rings (SSSR count). The molecular formula is C15H26N2O3. The average molecular weight is 282 g/mol. The SMILES string of the molecule is CCCN1CCN(C(=O)C2CCCCC2C(=O)O)CC1. The molecular weight excluding hydrogens is 256 g/mol. The van der Waals surface area contributed by atoms with Crippen LogP contribution in [0.2, 0.25) is 0 Å². The molecule has 1 aliphatic heterocycles. The van der Waals surface area contributed by atoms with E-state index in [2.05, 4.69) is 11.8 Å². The molecule has 5 nitrogen and oxygen atoms in total. The fraction of sp³-hybridized carbons (Fsp3) is 0.867. The van der Waals surface area contributed by atoms with Crippen LogP contribution in [0.4, 0.5) is 0 Å². The molecule has 1 saturated carbocycles. The first-order chi connectivity index (χ1) is 9.63. The Morgan fingerprint density at radius 3 is 2.20 bits per heavy atom. The maximum Gasteiger partial charge on any atom is 0.307 e. The van der Waals surface area contributed by atoms with E-state index in [1.165, 1.54) is 0 Å². The zero-order chi connectivity index (χ0) is 14.5. The number of carboxylic acids is 1. The van der Waals surface area contributed by atoms with Crippen molar-refractivity contribution in [3.8, 4) is 0 Å². The second kappa shape index (κ2) is 7.07. The number of carbonyl (C=O) groups is 2. The molecule has 2 aliphatic rings. The van der Waals surface area contributed by atoms with Crippen molar-refractivity contribution in [2.24, 2.45) is 11.8 Å². The van der Waals surface area contributed by atoms with E-state index in [1.54, 1.807) is 0 Å². The second-order valence-electron chi connectivity index (χ2n) is 6.00. The van der Waals surface area contributed by atoms with Gasteiger partial charge in [-0.3, -0.25) is 14.5 Å². The van der Waals surface area contributed by atoms with Crippen molar-refractivity contribution in [2.75, 3.05) is 32.7 Å². The molecule has 1 aliphatic carbocycles. The van der Waals surface area contributed by atoms with E-state index in [0.29, 0.717) is 6.42 Å². The summed E-state index contributed by atoms with van der Waals surface area (Å²) in [6, 6.07) is 0. The van der Waals surface area contributed by atoms with Gasteiger partial charge in [-0.15, -0.1) is 0 Å². The topological polar surface area (TPSA) is 60.9 Å². The minimum Gasteiger partial charge on any atom is -0.481 e. The third-order valence-corrected chi connectivity index (χ3v) is 4.62. The van der Waals surface area contributed by atoms with Crippen LogP contribution in [0.5, 0.6) is 0 Å². The van der Waals surface area contributed by atoms with Crippen molar-refractivity contribution in [1.29, 1.82) is 0 Å². The fourth-order valence-corrected chi connectivity index (χ4v) is 3.46. The summed E-state index contributed by atoms with van der Waals surface area (Å²) < 4.78 is 0. The Morgan fingerprint density at radius 2 is 1.65 bits per heavy atom. The summed E-state index contributed by atoms with van der Waals surface area (Å²) in [7, 11) is 0. The summed E-state index contributed by atoms with van der Waals surface area (Å²) in [6.07, 6.45) is 4.45. The Labute approximate surface area is 120 Å². The molecule has 0 spiro atoms. The van der Waals surface area contributed by atoms with Crippen LogP contribution in [0.1, 0.15) is 39.0 Å². The molecule has 114 valence electrons. The zero-order valence-corrected chi connectivity index (χ0v) is 12.4. The normalized spacial score (nSPS) is 28.4. The van der Waals surface area contributed by atoms with E-state index in [4.69, 9.17) is 0 Å². The molecule has 20 heavy (non-hydrogen) atoms. The highest BCUT2D eigenvalue weighted by molar-refractivity contribution is 5.85. The number of piperazine rings is 1. The van der Waals surface area contributed by atoms with Crippen molar-refractivity contribution >= 4 is 11.9 Å². The third kappa shape index (κ3) is 3.51. The lowest BCUT2D eigenvalue weighted by Crippen LogP contribution is -2.52. The molecule has 2 atom stereocenters. The highest BCUT2D eigenvalue weighted by Crippen LogP contribution is 2.32. The van der Waals surface area contributed by atoms with Crippen LogP contribution in [0.25, 0.3) is 0 Å². The van der Waals surface area contributed by atoms with Crippen LogP contribution in [-0.2, 0) is 9.59 Å². The number of nitrogens with zero attached hydrogens (tertiary/aromatic N) is 2. The molecule has 1 amide bonds. The van der Waals surface area contributed by atoms with Gasteiger partial charge in [0.05, 0.1) is 11.8 Å². The summed E-state index contributed by atoms with van der Waals surface area (Å²) in [5, 5.41) is 9.29. The van der Waals surface area contributed by atoms with Crippen LogP contribution < -0.4 is 0 Å². The molecule has 0 bridgehead atoms. The molecule has 2 fully saturated rings. The number of hydrogen-bond acceptors (Lipinski definition) is 3. The highest BCUT2D eigenvalue weighted by Gasteiger charge is 2.38. The van der Waals surface area contributed by atoms with Crippen molar-refractivity contribution in [2.45, 2.75) is 39.0 Å². The lowest BCUT2D eigenvalue weighted by molar-refractivity contribution is -0.153. The number of rotatable bonds is 4. The first-order valence-electron chi connectivity index (χ1n) is 7.87. The standard InChI is InChI=1S/C15H26N2O3/c1-2-7-16-8-10-17(11-9-16)14(18)12-5-3-4-6-13(12)15(19)20/h12-13H,2-11H2,1H3,(H,19,20). The van der Waals surface area contributed by atoms with Gasteiger partial charge in [-0.1, -0.05) is 19.8 Å². The third-order valence-electron chi connectivity index (χ3n) is 4.62. The molecule has 1 heterocycles. The Morgan fingerprint density at radius 1 is 1.05 bits per heavy atom. The van der Waals surface area contributed by atoms with Crippen LogP contribution in [0, 0.1) is 11.8 Å². The number of hydrogen-bond donors (Lipinski definition) is 1. The minimum absolute atomic E-state index is 0.0771. The van der Waals surface area contributed by atoms with Gasteiger partial charge in [0.2, 0.25) is 5.91 Å². The summed E-state index contributed by atoms with van der Waals surface area (Å²) in [6.45, 7) is 6.59. The second-order valence-corrected chi connectivity index (χ2v) is 6.00. The summed E-state index contributed by atoms with van der Waals surface area (Å²) in [4.78, 5) is 28.1. The van der Waals surface area contributed by atoms with E-state index >= 15 is 0 Å². The van der Waals surface area contributed by atoms with Crippen LogP contribution >= 0.6 is 0 Å². The molecule has 1 N–H and O–H groups in total. The Balaban J connectivity index is 1.92. The molecule has 5 heteroatoms. The predicted octanol–water partition coefficient (Wildman–Crippen LogP) is 1.43. The maximum atomic E-state index is 12.6. The molecule has 0 radical (unpaired) electrons. The highest BCUT2D eigenvalue weighted by atomic mass is 16.4. The lowest BCUT2D eigenvalue weighted by Gasteiger charge is -2.38. The molecule has 0 aromatic heterocycles. The van der Waals surface area contributed by atoms with E-state index in [0.717, 1.165) is 58.4 Å². The molecule has 0 aromatic rings. The first-order valence-corrected chi connectivity index (χ1v) is 7.87.